The number of fused-ring (bicyclic) bond motifs is 1. The third-order valence-corrected chi connectivity index (χ3v) is 6.70. The minimum absolute atomic E-state index is 0.227. The van der Waals surface area contributed by atoms with Crippen molar-refractivity contribution in [1.82, 2.24) is 19.6 Å². The summed E-state index contributed by atoms with van der Waals surface area (Å²) in [5.41, 5.74) is -0.330. The van der Waals surface area contributed by atoms with Crippen LogP contribution in [-0.2, 0) is 6.18 Å². The Kier molecular flexibility index (Phi) is 6.88. The number of carbonyl (C=O) groups is 2. The Morgan fingerprint density at radius 2 is 1.64 bits per heavy atom. The van der Waals surface area contributed by atoms with Gasteiger partial charge in [-0.25, -0.2) is 4.98 Å². The van der Waals surface area contributed by atoms with Gasteiger partial charge in [0, 0.05) is 37.4 Å². The van der Waals surface area contributed by atoms with Crippen LogP contribution in [0.25, 0.3) is 4.83 Å². The Labute approximate surface area is 204 Å². The molecule has 2 N–H and O–H groups in total. The average Bonchev–Trinajstić information content (AvgIpc) is 3.37. The van der Waals surface area contributed by atoms with Gasteiger partial charge in [-0.15, -0.1) is 11.3 Å². The first-order valence-electron chi connectivity index (χ1n) is 10.6. The molecule has 0 unspecified atom stereocenters. The van der Waals surface area contributed by atoms with Gasteiger partial charge in [0.2, 0.25) is 0 Å². The highest BCUT2D eigenvalue weighted by Gasteiger charge is 2.41. The number of imidazole rings is 1. The van der Waals surface area contributed by atoms with Crippen molar-refractivity contribution in [3.05, 3.63) is 46.7 Å². The van der Waals surface area contributed by atoms with Crippen LogP contribution in [0.3, 0.4) is 0 Å². The van der Waals surface area contributed by atoms with Crippen molar-refractivity contribution in [3.63, 3.8) is 0 Å². The zero-order valence-electron chi connectivity index (χ0n) is 18.7. The molecule has 4 rings (SSSR count). The van der Waals surface area contributed by atoms with Gasteiger partial charge < -0.3 is 20.4 Å². The van der Waals surface area contributed by atoms with E-state index in [0.29, 0.717) is 4.40 Å². The summed E-state index contributed by atoms with van der Waals surface area (Å²) in [6.07, 6.45) is -9.11. The van der Waals surface area contributed by atoms with Gasteiger partial charge in [0.15, 0.2) is 11.5 Å². The Balaban J connectivity index is 1.55. The maximum atomic E-state index is 13.7. The molecule has 36 heavy (non-hydrogen) atoms. The highest BCUT2D eigenvalue weighted by atomic mass is 32.1. The lowest BCUT2D eigenvalue weighted by Crippen LogP contribution is -2.44. The van der Waals surface area contributed by atoms with E-state index >= 15 is 0 Å². The molecule has 0 saturated carbocycles. The largest absolute Gasteiger partial charge is 0.433 e. The Bertz CT molecular complexity index is 1260. The smallest absolute Gasteiger partial charge is 0.369 e. The predicted octanol–water partition coefficient (Wildman–Crippen LogP) is 3.71. The standard InChI is InChI=1S/C21H20F6N6O2S/c1-31-6-8-32(9-7-31)13-4-2-12(3-5-13)17(34)30-16-19-33(11-29-16)15(21(25,26)27)14(36-19)18(35)28-10-20(22,23)24/h2-5,11H,6-10H2,1H3,(H,28,35)(H,30,34). The summed E-state index contributed by atoms with van der Waals surface area (Å²) in [5, 5.41) is 3.86. The van der Waals surface area contributed by atoms with Crippen molar-refractivity contribution in [2.24, 2.45) is 0 Å². The van der Waals surface area contributed by atoms with Gasteiger partial charge in [-0.05, 0) is 31.3 Å². The summed E-state index contributed by atoms with van der Waals surface area (Å²) in [6.45, 7) is 1.66. The van der Waals surface area contributed by atoms with Gasteiger partial charge in [0.05, 0.1) is 0 Å². The van der Waals surface area contributed by atoms with Gasteiger partial charge in [0.25, 0.3) is 11.8 Å². The normalized spacial score (nSPS) is 15.4. The van der Waals surface area contributed by atoms with Crippen LogP contribution in [0.2, 0.25) is 0 Å². The zero-order valence-corrected chi connectivity index (χ0v) is 19.5. The zero-order chi connectivity index (χ0) is 26.3. The van der Waals surface area contributed by atoms with E-state index in [0.717, 1.165) is 38.2 Å². The van der Waals surface area contributed by atoms with Crippen molar-refractivity contribution >= 4 is 39.5 Å². The van der Waals surface area contributed by atoms with Gasteiger partial charge in [0.1, 0.15) is 22.6 Å². The molecule has 194 valence electrons. The van der Waals surface area contributed by atoms with Crippen LogP contribution >= 0.6 is 11.3 Å². The molecule has 0 bridgehead atoms. The number of anilines is 2. The molecule has 3 heterocycles. The number of alkyl halides is 6. The maximum absolute atomic E-state index is 13.7. The molecule has 15 heteroatoms. The SMILES string of the molecule is CN1CCN(c2ccc(C(=O)Nc3ncn4c(C(F)(F)F)c(C(=O)NCC(F)(F)F)sc34)cc2)CC1. The molecular formula is C21H20F6N6O2S. The molecule has 0 spiro atoms. The number of piperazine rings is 1. The van der Waals surface area contributed by atoms with Crippen molar-refractivity contribution in [1.29, 1.82) is 0 Å². The number of aromatic nitrogens is 2. The molecule has 1 aliphatic rings. The Hall–Kier alpha value is -3.33. The summed E-state index contributed by atoms with van der Waals surface area (Å²) in [4.78, 5) is 31.8. The van der Waals surface area contributed by atoms with Gasteiger partial charge in [-0.2, -0.15) is 26.3 Å². The lowest BCUT2D eigenvalue weighted by Gasteiger charge is -2.34. The molecule has 1 saturated heterocycles. The van der Waals surface area contributed by atoms with Gasteiger partial charge in [-0.3, -0.25) is 14.0 Å². The third kappa shape index (κ3) is 5.56. The molecule has 1 fully saturated rings. The second-order valence-corrected chi connectivity index (χ2v) is 9.13. The molecule has 3 aromatic rings. The molecule has 0 aliphatic carbocycles. The number of likely N-dealkylation sites (N-methyl/N-ethyl adjacent to an activating group) is 1. The molecule has 2 amide bonds. The Morgan fingerprint density at radius 3 is 2.22 bits per heavy atom. The first-order valence-corrected chi connectivity index (χ1v) is 11.4. The number of carbonyl (C=O) groups excluding carboxylic acids is 2. The minimum Gasteiger partial charge on any atom is -0.369 e. The number of nitrogens with zero attached hydrogens (tertiary/aromatic N) is 4. The van der Waals surface area contributed by atoms with Crippen LogP contribution in [0.5, 0.6) is 0 Å². The number of hydrogen-bond donors (Lipinski definition) is 2. The van der Waals surface area contributed by atoms with Crippen LogP contribution in [-0.4, -0.2) is 72.0 Å². The highest BCUT2D eigenvalue weighted by Crippen LogP contribution is 2.39. The van der Waals surface area contributed by atoms with Gasteiger partial charge in [-0.1, -0.05) is 0 Å². The summed E-state index contributed by atoms with van der Waals surface area (Å²) in [5.74, 6) is -2.44. The number of nitrogens with one attached hydrogen (secondary N) is 2. The molecule has 0 radical (unpaired) electrons. The van der Waals surface area contributed by atoms with E-state index in [1.807, 2.05) is 7.05 Å². The number of hydrogen-bond acceptors (Lipinski definition) is 6. The lowest BCUT2D eigenvalue weighted by molar-refractivity contribution is -0.141. The number of benzene rings is 1. The topological polar surface area (TPSA) is 82.0 Å². The molecule has 0 atom stereocenters. The summed E-state index contributed by atoms with van der Waals surface area (Å²) >= 11 is 0.277. The van der Waals surface area contributed by atoms with Crippen LogP contribution in [0.4, 0.5) is 37.8 Å². The fourth-order valence-corrected chi connectivity index (χ4v) is 4.79. The first-order chi connectivity index (χ1) is 16.8. The molecule has 8 nitrogen and oxygen atoms in total. The predicted molar refractivity (Wildman–Crippen MR) is 121 cm³/mol. The fraction of sp³-hybridized carbons (Fsp3) is 0.381. The maximum Gasteiger partial charge on any atom is 0.433 e. The van der Waals surface area contributed by atoms with E-state index < -0.39 is 41.3 Å². The minimum atomic E-state index is -5.07. The highest BCUT2D eigenvalue weighted by molar-refractivity contribution is 7.20. The quantitative estimate of drug-likeness (QED) is 0.488. The monoisotopic (exact) mass is 534 g/mol. The van der Waals surface area contributed by atoms with E-state index in [9.17, 15) is 35.9 Å². The fourth-order valence-electron chi connectivity index (χ4n) is 3.68. The second-order valence-electron chi connectivity index (χ2n) is 8.14. The second kappa shape index (κ2) is 9.61. The van der Waals surface area contributed by atoms with Gasteiger partial charge >= 0.3 is 12.4 Å². The first kappa shape index (κ1) is 25.8. The lowest BCUT2D eigenvalue weighted by atomic mass is 10.1. The van der Waals surface area contributed by atoms with Crippen molar-refractivity contribution in [3.8, 4) is 0 Å². The number of halogens is 6. The van der Waals surface area contributed by atoms with E-state index in [1.54, 1.807) is 24.3 Å². The van der Waals surface area contributed by atoms with Crippen LogP contribution in [0, 0.1) is 0 Å². The van der Waals surface area contributed by atoms with Crippen LogP contribution < -0.4 is 15.5 Å². The average molecular weight is 534 g/mol. The summed E-state index contributed by atoms with van der Waals surface area (Å²) in [7, 11) is 2.03. The van der Waals surface area contributed by atoms with Crippen LogP contribution in [0.15, 0.2) is 30.6 Å². The third-order valence-electron chi connectivity index (χ3n) is 5.53. The number of thiazole rings is 1. The summed E-state index contributed by atoms with van der Waals surface area (Å²) in [6, 6.07) is 6.67. The molecular weight excluding hydrogens is 514 g/mol. The van der Waals surface area contributed by atoms with E-state index in [2.05, 4.69) is 20.1 Å². The van der Waals surface area contributed by atoms with E-state index in [4.69, 9.17) is 0 Å². The van der Waals surface area contributed by atoms with Crippen molar-refractivity contribution < 1.29 is 35.9 Å². The van der Waals surface area contributed by atoms with E-state index in [1.165, 1.54) is 5.32 Å². The van der Waals surface area contributed by atoms with Crippen molar-refractivity contribution in [2.45, 2.75) is 12.4 Å². The molecule has 1 aliphatic heterocycles. The molecule has 1 aromatic carbocycles. The molecule has 2 aromatic heterocycles. The van der Waals surface area contributed by atoms with E-state index in [-0.39, 0.29) is 27.5 Å². The Morgan fingerprint density at radius 1 is 1.00 bits per heavy atom. The number of amides is 2. The summed E-state index contributed by atoms with van der Waals surface area (Å²) < 4.78 is 78.8. The van der Waals surface area contributed by atoms with Crippen molar-refractivity contribution in [2.75, 3.05) is 50.0 Å². The van der Waals surface area contributed by atoms with Crippen LogP contribution in [0.1, 0.15) is 25.7 Å². The number of rotatable bonds is 5.